The van der Waals surface area contributed by atoms with Crippen LogP contribution < -0.4 is 24.3 Å². The smallest absolute Gasteiger partial charge is 0.256 e. The van der Waals surface area contributed by atoms with E-state index in [1.54, 1.807) is 24.4 Å². The molecule has 3 aromatic rings. The fraction of sp³-hybridized carbons (Fsp3) is 0.333. The Morgan fingerprint density at radius 1 is 0.970 bits per heavy atom. The molecule has 0 saturated carbocycles. The van der Waals surface area contributed by atoms with Gasteiger partial charge in [0.15, 0.2) is 23.0 Å². The third kappa shape index (κ3) is 3.84. The van der Waals surface area contributed by atoms with Crippen molar-refractivity contribution in [2.24, 2.45) is 0 Å². The van der Waals surface area contributed by atoms with Gasteiger partial charge in [0.1, 0.15) is 5.82 Å². The molecule has 1 fully saturated rings. The second-order valence-corrected chi connectivity index (χ2v) is 8.34. The quantitative estimate of drug-likeness (QED) is 0.640. The fourth-order valence-corrected chi connectivity index (χ4v) is 4.61. The topological polar surface area (TPSA) is 87.1 Å². The molecule has 1 aromatic heterocycles. The van der Waals surface area contributed by atoms with Crippen molar-refractivity contribution >= 4 is 11.7 Å². The van der Waals surface area contributed by atoms with Crippen molar-refractivity contribution in [3.05, 3.63) is 59.8 Å². The van der Waals surface area contributed by atoms with Gasteiger partial charge in [-0.1, -0.05) is 12.1 Å². The van der Waals surface area contributed by atoms with Crippen molar-refractivity contribution in [3.63, 3.8) is 0 Å². The molecule has 0 spiro atoms. The first-order valence-corrected chi connectivity index (χ1v) is 11.1. The van der Waals surface area contributed by atoms with Crippen LogP contribution in [-0.4, -0.2) is 47.3 Å². The third-order valence-electron chi connectivity index (χ3n) is 6.32. The Hall–Kier alpha value is -3.72. The predicted octanol–water partition coefficient (Wildman–Crippen LogP) is 3.43. The molecule has 1 amide bonds. The minimum absolute atomic E-state index is 0.180. The fourth-order valence-electron chi connectivity index (χ4n) is 4.61. The summed E-state index contributed by atoms with van der Waals surface area (Å²) in [6.45, 7) is 3.16. The Morgan fingerprint density at radius 2 is 1.79 bits per heavy atom. The van der Waals surface area contributed by atoms with Crippen molar-refractivity contribution in [2.45, 2.75) is 25.4 Å². The van der Waals surface area contributed by atoms with Gasteiger partial charge in [-0.2, -0.15) is 5.10 Å². The number of nitrogens with zero attached hydrogens (tertiary/aromatic N) is 3. The molecule has 0 aliphatic carbocycles. The number of anilines is 1. The van der Waals surface area contributed by atoms with Gasteiger partial charge in [0.2, 0.25) is 13.6 Å². The molecule has 1 saturated heterocycles. The van der Waals surface area contributed by atoms with Crippen LogP contribution in [0.1, 0.15) is 34.8 Å². The van der Waals surface area contributed by atoms with Crippen LogP contribution in [0.25, 0.3) is 0 Å². The Bertz CT molecular complexity index is 1190. The first-order chi connectivity index (χ1) is 16.2. The van der Waals surface area contributed by atoms with E-state index in [1.807, 2.05) is 22.9 Å². The summed E-state index contributed by atoms with van der Waals surface area (Å²) in [5.41, 5.74) is 1.67. The molecule has 2 aromatic carbocycles. The molecule has 0 bridgehead atoms. The maximum atomic E-state index is 12.8. The highest BCUT2D eigenvalue weighted by Crippen LogP contribution is 2.37. The average molecular weight is 448 g/mol. The zero-order valence-corrected chi connectivity index (χ0v) is 18.0. The largest absolute Gasteiger partial charge is 0.454 e. The highest BCUT2D eigenvalue weighted by atomic mass is 16.7. The van der Waals surface area contributed by atoms with Gasteiger partial charge in [0.05, 0.1) is 12.2 Å². The molecule has 3 aliphatic rings. The summed E-state index contributed by atoms with van der Waals surface area (Å²) >= 11 is 0. The molecule has 9 nitrogen and oxygen atoms in total. The summed E-state index contributed by atoms with van der Waals surface area (Å²) in [6, 6.07) is 13.3. The molecule has 1 N–H and O–H groups in total. The maximum absolute atomic E-state index is 12.8. The van der Waals surface area contributed by atoms with E-state index >= 15 is 0 Å². The van der Waals surface area contributed by atoms with Crippen molar-refractivity contribution in [1.29, 1.82) is 0 Å². The lowest BCUT2D eigenvalue weighted by atomic mass is 10.0. The molecule has 9 heteroatoms. The van der Waals surface area contributed by atoms with E-state index < -0.39 is 0 Å². The van der Waals surface area contributed by atoms with Crippen LogP contribution in [0.2, 0.25) is 0 Å². The summed E-state index contributed by atoms with van der Waals surface area (Å²) in [4.78, 5) is 15.2. The normalized spacial score (nSPS) is 17.3. The number of amides is 1. The molecule has 3 aliphatic heterocycles. The Morgan fingerprint density at radius 3 is 2.70 bits per heavy atom. The molecule has 0 atom stereocenters. The lowest BCUT2D eigenvalue weighted by Gasteiger charge is -2.32. The number of aromatic nitrogens is 2. The van der Waals surface area contributed by atoms with Gasteiger partial charge in [0, 0.05) is 36.8 Å². The zero-order valence-electron chi connectivity index (χ0n) is 18.0. The standard InChI is InChI=1S/C24H24N4O5/c29-24(16-4-5-19-21(12-16)32-14-30-19)26-22-6-9-25-28(22)18-7-10-27(11-8-18)13-17-2-1-3-20-23(17)33-15-31-20/h1-6,9,12,18H,7-8,10-11,13-15H2,(H,26,29). The van der Waals surface area contributed by atoms with Gasteiger partial charge in [-0.05, 0) is 37.1 Å². The van der Waals surface area contributed by atoms with Crippen LogP contribution in [-0.2, 0) is 6.54 Å². The van der Waals surface area contributed by atoms with Crippen molar-refractivity contribution in [2.75, 3.05) is 32.0 Å². The van der Waals surface area contributed by atoms with Gasteiger partial charge < -0.3 is 24.3 Å². The summed E-state index contributed by atoms with van der Waals surface area (Å²) in [7, 11) is 0. The lowest BCUT2D eigenvalue weighted by Crippen LogP contribution is -2.35. The zero-order chi connectivity index (χ0) is 22.2. The highest BCUT2D eigenvalue weighted by molar-refractivity contribution is 6.04. The highest BCUT2D eigenvalue weighted by Gasteiger charge is 2.26. The van der Waals surface area contributed by atoms with Gasteiger partial charge in [-0.25, -0.2) is 4.68 Å². The molecule has 33 heavy (non-hydrogen) atoms. The number of nitrogens with one attached hydrogen (secondary N) is 1. The number of likely N-dealkylation sites (tertiary alicyclic amines) is 1. The van der Waals surface area contributed by atoms with Gasteiger partial charge >= 0.3 is 0 Å². The minimum atomic E-state index is -0.201. The number of carbonyl (C=O) groups is 1. The number of piperidine rings is 1. The van der Waals surface area contributed by atoms with E-state index in [4.69, 9.17) is 18.9 Å². The van der Waals surface area contributed by atoms with Crippen LogP contribution in [0.4, 0.5) is 5.82 Å². The van der Waals surface area contributed by atoms with E-state index in [9.17, 15) is 4.79 Å². The molecule has 0 radical (unpaired) electrons. The monoisotopic (exact) mass is 448 g/mol. The summed E-state index contributed by atoms with van der Waals surface area (Å²) < 4.78 is 23.8. The second kappa shape index (κ2) is 8.32. The number of para-hydroxylation sites is 1. The molecule has 0 unspecified atom stereocenters. The number of ether oxygens (including phenoxy) is 4. The molecule has 170 valence electrons. The number of fused-ring (bicyclic) bond motifs is 2. The second-order valence-electron chi connectivity index (χ2n) is 8.34. The van der Waals surface area contributed by atoms with E-state index in [0.29, 0.717) is 22.9 Å². The summed E-state index contributed by atoms with van der Waals surface area (Å²) in [5.74, 6) is 3.42. The third-order valence-corrected chi connectivity index (χ3v) is 6.32. The van der Waals surface area contributed by atoms with Crippen LogP contribution >= 0.6 is 0 Å². The van der Waals surface area contributed by atoms with E-state index in [2.05, 4.69) is 21.4 Å². The van der Waals surface area contributed by atoms with Crippen molar-refractivity contribution in [3.8, 4) is 23.0 Å². The van der Waals surface area contributed by atoms with E-state index in [1.165, 1.54) is 0 Å². The molecule has 4 heterocycles. The SMILES string of the molecule is O=C(Nc1ccnn1C1CCN(Cc2cccc3c2OCO3)CC1)c1ccc2c(c1)OCO2. The first kappa shape index (κ1) is 19.9. The number of carbonyl (C=O) groups excluding carboxylic acids is 1. The van der Waals surface area contributed by atoms with Gasteiger partial charge in [0.25, 0.3) is 5.91 Å². The Balaban J connectivity index is 1.09. The van der Waals surface area contributed by atoms with Crippen LogP contribution in [0, 0.1) is 0 Å². The van der Waals surface area contributed by atoms with Crippen LogP contribution in [0.15, 0.2) is 48.7 Å². The van der Waals surface area contributed by atoms with Gasteiger partial charge in [-0.3, -0.25) is 9.69 Å². The number of benzene rings is 2. The van der Waals surface area contributed by atoms with E-state index in [0.717, 1.165) is 49.5 Å². The number of hydrogen-bond donors (Lipinski definition) is 1. The Kier molecular flexibility index (Phi) is 5.03. The number of rotatable bonds is 5. The van der Waals surface area contributed by atoms with Crippen LogP contribution in [0.5, 0.6) is 23.0 Å². The predicted molar refractivity (Wildman–Crippen MR) is 119 cm³/mol. The first-order valence-electron chi connectivity index (χ1n) is 11.1. The lowest BCUT2D eigenvalue weighted by molar-refractivity contribution is 0.102. The van der Waals surface area contributed by atoms with Crippen molar-refractivity contribution in [1.82, 2.24) is 14.7 Å². The summed E-state index contributed by atoms with van der Waals surface area (Å²) in [6.07, 6.45) is 3.62. The van der Waals surface area contributed by atoms with Crippen molar-refractivity contribution < 1.29 is 23.7 Å². The van der Waals surface area contributed by atoms with Gasteiger partial charge in [-0.15, -0.1) is 0 Å². The average Bonchev–Trinajstić information content (AvgIpc) is 3.60. The molecular weight excluding hydrogens is 424 g/mol. The maximum Gasteiger partial charge on any atom is 0.256 e. The Labute approximate surface area is 190 Å². The van der Waals surface area contributed by atoms with Crippen LogP contribution in [0.3, 0.4) is 0 Å². The minimum Gasteiger partial charge on any atom is -0.454 e. The molecular formula is C24H24N4O5. The molecule has 6 rings (SSSR count). The number of hydrogen-bond acceptors (Lipinski definition) is 7. The van der Waals surface area contributed by atoms with E-state index in [-0.39, 0.29) is 25.5 Å². The summed E-state index contributed by atoms with van der Waals surface area (Å²) in [5, 5.41) is 7.50.